The summed E-state index contributed by atoms with van der Waals surface area (Å²) in [5, 5.41) is 9.49. The minimum atomic E-state index is -4.62. The van der Waals surface area contributed by atoms with E-state index in [1.54, 1.807) is 0 Å². The van der Waals surface area contributed by atoms with Crippen molar-refractivity contribution < 1.29 is 23.1 Å². The van der Waals surface area contributed by atoms with Crippen molar-refractivity contribution in [1.82, 2.24) is 0 Å². The lowest BCUT2D eigenvalue weighted by molar-refractivity contribution is -0.138. The Bertz CT molecular complexity index is 574. The molecule has 1 fully saturated rings. The number of benzene rings is 1. The summed E-state index contributed by atoms with van der Waals surface area (Å²) in [6.45, 7) is 0. The maximum atomic E-state index is 13.2. The number of isocyanates is 1. The molecular weight excluding hydrogens is 339 g/mol. The number of hydrogen-bond acceptors (Lipinski definition) is 3. The molecule has 1 aromatic carbocycles. The molecule has 0 saturated heterocycles. The first-order valence-electron chi connectivity index (χ1n) is 5.99. The fraction of sp³-hybridized carbons (Fsp3) is 0.462. The lowest BCUT2D eigenvalue weighted by atomic mass is 9.85. The van der Waals surface area contributed by atoms with E-state index in [0.29, 0.717) is 31.7 Å². The minimum Gasteiger partial charge on any atom is -0.507 e. The molecule has 1 saturated carbocycles. The molecule has 0 aromatic heterocycles. The van der Waals surface area contributed by atoms with Crippen molar-refractivity contribution in [1.29, 1.82) is 0 Å². The Hall–Kier alpha value is -1.33. The number of rotatable bonds is 2. The minimum absolute atomic E-state index is 0.0875. The van der Waals surface area contributed by atoms with E-state index in [9.17, 15) is 23.1 Å². The van der Waals surface area contributed by atoms with Gasteiger partial charge in [-0.3, -0.25) is 0 Å². The Morgan fingerprint density at radius 2 is 1.90 bits per heavy atom. The first-order chi connectivity index (χ1) is 9.30. The van der Waals surface area contributed by atoms with E-state index >= 15 is 0 Å². The van der Waals surface area contributed by atoms with E-state index in [0.717, 1.165) is 0 Å². The van der Waals surface area contributed by atoms with Gasteiger partial charge in [0.1, 0.15) is 5.75 Å². The Labute approximate surface area is 121 Å². The maximum absolute atomic E-state index is 13.2. The van der Waals surface area contributed by atoms with Crippen molar-refractivity contribution in [3.05, 3.63) is 27.7 Å². The van der Waals surface area contributed by atoms with Gasteiger partial charge in [0.25, 0.3) is 0 Å². The molecule has 0 radical (unpaired) electrons. The second-order valence-electron chi connectivity index (χ2n) is 4.79. The molecule has 2 rings (SSSR count). The molecule has 20 heavy (non-hydrogen) atoms. The van der Waals surface area contributed by atoms with Gasteiger partial charge in [-0.15, -0.1) is 0 Å². The van der Waals surface area contributed by atoms with Crippen LogP contribution in [0.3, 0.4) is 0 Å². The molecule has 1 aliphatic rings. The monoisotopic (exact) mass is 349 g/mol. The van der Waals surface area contributed by atoms with E-state index in [1.807, 2.05) is 0 Å². The molecule has 1 N–H and O–H groups in total. The zero-order chi connectivity index (χ0) is 15.0. The van der Waals surface area contributed by atoms with Crippen LogP contribution in [-0.2, 0) is 16.5 Å². The van der Waals surface area contributed by atoms with Gasteiger partial charge < -0.3 is 5.11 Å². The van der Waals surface area contributed by atoms with Crippen molar-refractivity contribution in [2.24, 2.45) is 4.99 Å². The number of aliphatic imine (C=N–C) groups is 1. The summed E-state index contributed by atoms with van der Waals surface area (Å²) in [7, 11) is 0. The summed E-state index contributed by atoms with van der Waals surface area (Å²) >= 11 is 3.01. The largest absolute Gasteiger partial charge is 0.507 e. The molecule has 7 heteroatoms. The average molecular weight is 350 g/mol. The van der Waals surface area contributed by atoms with Gasteiger partial charge in [0.05, 0.1) is 15.6 Å². The summed E-state index contributed by atoms with van der Waals surface area (Å²) in [6, 6.07) is 1.87. The molecule has 0 unspecified atom stereocenters. The molecule has 1 aromatic rings. The highest BCUT2D eigenvalue weighted by Gasteiger charge is 2.44. The smallest absolute Gasteiger partial charge is 0.416 e. The normalized spacial score (nSPS) is 17.8. The van der Waals surface area contributed by atoms with E-state index in [2.05, 4.69) is 20.9 Å². The first-order valence-corrected chi connectivity index (χ1v) is 6.79. The number of carbonyl (C=O) groups excluding carboxylic acids is 1. The topological polar surface area (TPSA) is 49.7 Å². The van der Waals surface area contributed by atoms with Gasteiger partial charge in [-0.2, -0.15) is 18.2 Å². The highest BCUT2D eigenvalue weighted by molar-refractivity contribution is 9.10. The number of phenolic OH excluding ortho intramolecular Hbond substituents is 1. The molecular formula is C13H11BrF3NO2. The molecule has 3 nitrogen and oxygen atoms in total. The van der Waals surface area contributed by atoms with E-state index in [-0.39, 0.29) is 10.0 Å². The van der Waals surface area contributed by atoms with E-state index in [4.69, 9.17) is 0 Å². The third kappa shape index (κ3) is 2.60. The van der Waals surface area contributed by atoms with Crippen molar-refractivity contribution >= 4 is 22.0 Å². The lowest BCUT2D eigenvalue weighted by Gasteiger charge is -2.27. The number of hydrogen-bond donors (Lipinski definition) is 1. The molecule has 0 spiro atoms. The van der Waals surface area contributed by atoms with Gasteiger partial charge in [-0.05, 0) is 46.5 Å². The van der Waals surface area contributed by atoms with Gasteiger partial charge in [-0.25, -0.2) is 4.79 Å². The fourth-order valence-corrected chi connectivity index (χ4v) is 3.01. The Balaban J connectivity index is 2.71. The number of aromatic hydroxyl groups is 1. The summed E-state index contributed by atoms with van der Waals surface area (Å²) in [4.78, 5) is 14.3. The van der Waals surface area contributed by atoms with Crippen molar-refractivity contribution in [2.45, 2.75) is 37.4 Å². The highest BCUT2D eigenvalue weighted by atomic mass is 79.9. The Kier molecular flexibility index (Phi) is 3.93. The molecule has 0 bridgehead atoms. The van der Waals surface area contributed by atoms with Crippen LogP contribution in [0, 0.1) is 0 Å². The van der Waals surface area contributed by atoms with Crippen molar-refractivity contribution in [3.63, 3.8) is 0 Å². The van der Waals surface area contributed by atoms with Crippen LogP contribution in [0.25, 0.3) is 0 Å². The maximum Gasteiger partial charge on any atom is 0.416 e. The van der Waals surface area contributed by atoms with Crippen LogP contribution in [-0.4, -0.2) is 11.2 Å². The van der Waals surface area contributed by atoms with Crippen LogP contribution in [0.15, 0.2) is 21.6 Å². The molecule has 0 heterocycles. The third-order valence-corrected chi connectivity index (χ3v) is 4.22. The Morgan fingerprint density at radius 1 is 1.30 bits per heavy atom. The van der Waals surface area contributed by atoms with Crippen LogP contribution in [0.5, 0.6) is 5.75 Å². The summed E-state index contributed by atoms with van der Waals surface area (Å²) in [5.74, 6) is -0.496. The summed E-state index contributed by atoms with van der Waals surface area (Å²) in [5.41, 5.74) is -2.24. The van der Waals surface area contributed by atoms with E-state index in [1.165, 1.54) is 12.1 Å². The second kappa shape index (κ2) is 5.22. The summed E-state index contributed by atoms with van der Waals surface area (Å²) in [6.07, 6.45) is -1.11. The third-order valence-electron chi connectivity index (χ3n) is 3.58. The first kappa shape index (κ1) is 15.1. The van der Waals surface area contributed by atoms with Gasteiger partial charge in [0, 0.05) is 0 Å². The summed E-state index contributed by atoms with van der Waals surface area (Å²) < 4.78 is 39.6. The Morgan fingerprint density at radius 3 is 2.40 bits per heavy atom. The standard InChI is InChI=1S/C13H11BrF3NO2/c14-10-5-8(9(6-11(10)20)13(15,16)17)12(18-7-19)3-1-2-4-12/h5-6,20H,1-4H2. The molecule has 0 amide bonds. The van der Waals surface area contributed by atoms with Gasteiger partial charge >= 0.3 is 6.18 Å². The lowest BCUT2D eigenvalue weighted by Crippen LogP contribution is -2.24. The molecule has 108 valence electrons. The van der Waals surface area contributed by atoms with Crippen LogP contribution >= 0.6 is 15.9 Å². The number of phenols is 1. The number of nitrogens with zero attached hydrogens (tertiary/aromatic N) is 1. The van der Waals surface area contributed by atoms with Crippen LogP contribution in [0.2, 0.25) is 0 Å². The van der Waals surface area contributed by atoms with Gasteiger partial charge in [0.15, 0.2) is 0 Å². The van der Waals surface area contributed by atoms with Crippen LogP contribution < -0.4 is 0 Å². The predicted octanol–water partition coefficient (Wildman–Crippen LogP) is 4.28. The molecule has 0 atom stereocenters. The fourth-order valence-electron chi connectivity index (χ4n) is 2.67. The average Bonchev–Trinajstić information content (AvgIpc) is 2.81. The quantitative estimate of drug-likeness (QED) is 0.639. The molecule has 1 aliphatic carbocycles. The van der Waals surface area contributed by atoms with Crippen molar-refractivity contribution in [3.8, 4) is 5.75 Å². The predicted molar refractivity (Wildman–Crippen MR) is 69.1 cm³/mol. The van der Waals surface area contributed by atoms with Crippen molar-refractivity contribution in [2.75, 3.05) is 0 Å². The zero-order valence-corrected chi connectivity index (χ0v) is 11.9. The SMILES string of the molecule is O=C=NC1(c2cc(Br)c(O)cc2C(F)(F)F)CCCC1. The van der Waals surface area contributed by atoms with Gasteiger partial charge in [-0.1, -0.05) is 12.8 Å². The second-order valence-corrected chi connectivity index (χ2v) is 5.64. The van der Waals surface area contributed by atoms with Gasteiger partial charge in [0.2, 0.25) is 6.08 Å². The van der Waals surface area contributed by atoms with E-state index < -0.39 is 23.0 Å². The number of alkyl halides is 3. The zero-order valence-electron chi connectivity index (χ0n) is 10.3. The highest BCUT2D eigenvalue weighted by Crippen LogP contribution is 2.49. The van der Waals surface area contributed by atoms with Crippen LogP contribution in [0.4, 0.5) is 13.2 Å². The molecule has 0 aliphatic heterocycles. The van der Waals surface area contributed by atoms with Crippen LogP contribution in [0.1, 0.15) is 36.8 Å². The number of halogens is 4.